The van der Waals surface area contributed by atoms with Crippen LogP contribution in [0.4, 0.5) is 0 Å². The second-order valence-electron chi connectivity index (χ2n) is 4.08. The van der Waals surface area contributed by atoms with Gasteiger partial charge < -0.3 is 4.74 Å². The summed E-state index contributed by atoms with van der Waals surface area (Å²) in [5.41, 5.74) is 3.19. The van der Waals surface area contributed by atoms with Crippen LogP contribution in [-0.2, 0) is 6.42 Å². The van der Waals surface area contributed by atoms with Gasteiger partial charge in [-0.05, 0) is 36.2 Å². The summed E-state index contributed by atoms with van der Waals surface area (Å²) in [5.74, 6) is 7.01. The average Bonchev–Trinajstić information content (AvgIpc) is 2.47. The first-order valence-corrected chi connectivity index (χ1v) is 6.31. The lowest BCUT2D eigenvalue weighted by atomic mass is 10.1. The lowest BCUT2D eigenvalue weighted by Gasteiger charge is -2.01. The minimum atomic E-state index is 0.732. The van der Waals surface area contributed by atoms with Crippen molar-refractivity contribution < 1.29 is 4.74 Å². The Morgan fingerprint density at radius 2 is 1.79 bits per heavy atom. The van der Waals surface area contributed by atoms with E-state index in [0.717, 1.165) is 23.3 Å². The van der Waals surface area contributed by atoms with E-state index in [9.17, 15) is 0 Å². The maximum absolute atomic E-state index is 5.32. The molecular weight excluding hydrogens is 232 g/mol. The van der Waals surface area contributed by atoms with Crippen LogP contribution in [0.5, 0.6) is 5.75 Å². The number of rotatable bonds is 3. The Labute approximate surface area is 114 Å². The molecule has 0 unspecified atom stereocenters. The van der Waals surface area contributed by atoms with E-state index in [-0.39, 0.29) is 0 Å². The Morgan fingerprint density at radius 3 is 2.47 bits per heavy atom. The highest BCUT2D eigenvalue weighted by atomic mass is 16.5. The van der Waals surface area contributed by atoms with E-state index in [1.807, 2.05) is 36.4 Å². The third-order valence-corrected chi connectivity index (χ3v) is 2.80. The standard InChI is InChI=1S/C18H16O/c1-3-15-9-11-16(12-10-15)13-14-17-7-5-6-8-18(17)19-4-2/h4-12H,2-3H2,1H3. The minimum Gasteiger partial charge on any atom is -0.464 e. The number of hydrogen-bond acceptors (Lipinski definition) is 1. The van der Waals surface area contributed by atoms with Gasteiger partial charge in [-0.25, -0.2) is 0 Å². The van der Waals surface area contributed by atoms with Crippen LogP contribution >= 0.6 is 0 Å². The van der Waals surface area contributed by atoms with Gasteiger partial charge in [-0.1, -0.05) is 49.6 Å². The molecule has 0 heterocycles. The van der Waals surface area contributed by atoms with Gasteiger partial charge in [0.15, 0.2) is 0 Å². The molecule has 0 spiro atoms. The van der Waals surface area contributed by atoms with Gasteiger partial charge in [0.2, 0.25) is 0 Å². The normalized spacial score (nSPS) is 9.32. The second kappa shape index (κ2) is 6.47. The Morgan fingerprint density at radius 1 is 1.05 bits per heavy atom. The van der Waals surface area contributed by atoms with Crippen LogP contribution in [0, 0.1) is 11.8 Å². The molecule has 19 heavy (non-hydrogen) atoms. The molecule has 0 amide bonds. The summed E-state index contributed by atoms with van der Waals surface area (Å²) in [6, 6.07) is 16.0. The fraction of sp³-hybridized carbons (Fsp3) is 0.111. The summed E-state index contributed by atoms with van der Waals surface area (Å²) in [6.07, 6.45) is 2.46. The van der Waals surface area contributed by atoms with Crippen molar-refractivity contribution in [1.29, 1.82) is 0 Å². The van der Waals surface area contributed by atoms with Gasteiger partial charge in [0.05, 0.1) is 11.8 Å². The number of para-hydroxylation sites is 1. The first kappa shape index (κ1) is 13.0. The number of ether oxygens (including phenoxy) is 1. The predicted molar refractivity (Wildman–Crippen MR) is 79.1 cm³/mol. The summed E-state index contributed by atoms with van der Waals surface area (Å²) in [6.45, 7) is 5.71. The SMILES string of the molecule is C=COc1ccccc1C#Cc1ccc(CC)cc1. The fourth-order valence-electron chi connectivity index (χ4n) is 1.73. The van der Waals surface area contributed by atoms with E-state index in [0.29, 0.717) is 0 Å². The van der Waals surface area contributed by atoms with Crippen molar-refractivity contribution in [2.75, 3.05) is 0 Å². The molecule has 0 bridgehead atoms. The van der Waals surface area contributed by atoms with Gasteiger partial charge >= 0.3 is 0 Å². The van der Waals surface area contributed by atoms with Crippen molar-refractivity contribution in [3.8, 4) is 17.6 Å². The molecule has 2 aromatic rings. The highest BCUT2D eigenvalue weighted by Crippen LogP contribution is 2.16. The van der Waals surface area contributed by atoms with E-state index >= 15 is 0 Å². The zero-order valence-corrected chi connectivity index (χ0v) is 11.0. The first-order chi connectivity index (χ1) is 9.33. The van der Waals surface area contributed by atoms with Crippen molar-refractivity contribution in [3.63, 3.8) is 0 Å². The highest BCUT2D eigenvalue weighted by Gasteiger charge is 1.97. The molecule has 0 saturated carbocycles. The maximum atomic E-state index is 5.32. The Hall–Kier alpha value is -2.46. The molecule has 0 radical (unpaired) electrons. The first-order valence-electron chi connectivity index (χ1n) is 6.31. The van der Waals surface area contributed by atoms with E-state index < -0.39 is 0 Å². The van der Waals surface area contributed by atoms with E-state index in [4.69, 9.17) is 4.74 Å². The highest BCUT2D eigenvalue weighted by molar-refractivity contribution is 5.50. The zero-order chi connectivity index (χ0) is 13.5. The third kappa shape index (κ3) is 3.50. The van der Waals surface area contributed by atoms with Gasteiger partial charge in [0.25, 0.3) is 0 Å². The van der Waals surface area contributed by atoms with Crippen molar-refractivity contribution in [3.05, 3.63) is 78.1 Å². The Balaban J connectivity index is 2.25. The second-order valence-corrected chi connectivity index (χ2v) is 4.08. The van der Waals surface area contributed by atoms with Crippen LogP contribution in [0.25, 0.3) is 0 Å². The molecule has 0 aromatic heterocycles. The van der Waals surface area contributed by atoms with Crippen LogP contribution in [0.2, 0.25) is 0 Å². The van der Waals surface area contributed by atoms with Gasteiger partial charge in [-0.3, -0.25) is 0 Å². The molecule has 94 valence electrons. The molecular formula is C18H16O. The molecule has 0 fully saturated rings. The van der Waals surface area contributed by atoms with Crippen LogP contribution in [0.1, 0.15) is 23.6 Å². The molecule has 2 aromatic carbocycles. The van der Waals surface area contributed by atoms with Gasteiger partial charge in [0, 0.05) is 5.56 Å². The molecule has 1 nitrogen and oxygen atoms in total. The third-order valence-electron chi connectivity index (χ3n) is 2.80. The largest absolute Gasteiger partial charge is 0.464 e. The predicted octanol–water partition coefficient (Wildman–Crippen LogP) is 4.17. The van der Waals surface area contributed by atoms with Gasteiger partial charge in [-0.2, -0.15) is 0 Å². The van der Waals surface area contributed by atoms with E-state index in [1.54, 1.807) is 0 Å². The molecule has 0 saturated heterocycles. The molecule has 0 aliphatic rings. The van der Waals surface area contributed by atoms with Crippen LogP contribution < -0.4 is 4.74 Å². The summed E-state index contributed by atoms with van der Waals surface area (Å²) >= 11 is 0. The van der Waals surface area contributed by atoms with Crippen molar-refractivity contribution in [1.82, 2.24) is 0 Å². The Bertz CT molecular complexity index is 612. The number of benzene rings is 2. The minimum absolute atomic E-state index is 0.732. The molecule has 2 rings (SSSR count). The fourth-order valence-corrected chi connectivity index (χ4v) is 1.73. The van der Waals surface area contributed by atoms with Crippen LogP contribution in [0.15, 0.2) is 61.4 Å². The van der Waals surface area contributed by atoms with Crippen molar-refractivity contribution in [2.24, 2.45) is 0 Å². The molecule has 0 atom stereocenters. The summed E-state index contributed by atoms with van der Waals surface area (Å²) in [5, 5.41) is 0. The number of aryl methyl sites for hydroxylation is 1. The number of hydrogen-bond donors (Lipinski definition) is 0. The monoisotopic (exact) mass is 248 g/mol. The molecule has 1 heteroatoms. The smallest absolute Gasteiger partial charge is 0.142 e. The van der Waals surface area contributed by atoms with Gasteiger partial charge in [0.1, 0.15) is 5.75 Å². The van der Waals surface area contributed by atoms with E-state index in [2.05, 4.69) is 37.5 Å². The van der Waals surface area contributed by atoms with Crippen LogP contribution in [0.3, 0.4) is 0 Å². The quantitative estimate of drug-likeness (QED) is 0.585. The summed E-state index contributed by atoms with van der Waals surface area (Å²) < 4.78 is 5.32. The summed E-state index contributed by atoms with van der Waals surface area (Å²) in [7, 11) is 0. The zero-order valence-electron chi connectivity index (χ0n) is 11.0. The Kier molecular flexibility index (Phi) is 4.42. The topological polar surface area (TPSA) is 9.23 Å². The molecule has 0 aliphatic carbocycles. The summed E-state index contributed by atoms with van der Waals surface area (Å²) in [4.78, 5) is 0. The van der Waals surface area contributed by atoms with Gasteiger partial charge in [-0.15, -0.1) is 0 Å². The van der Waals surface area contributed by atoms with E-state index in [1.165, 1.54) is 11.8 Å². The molecule has 0 N–H and O–H groups in total. The van der Waals surface area contributed by atoms with Crippen molar-refractivity contribution in [2.45, 2.75) is 13.3 Å². The lowest BCUT2D eigenvalue weighted by Crippen LogP contribution is -1.85. The van der Waals surface area contributed by atoms with Crippen molar-refractivity contribution >= 4 is 0 Å². The lowest BCUT2D eigenvalue weighted by molar-refractivity contribution is 0.482. The maximum Gasteiger partial charge on any atom is 0.142 e. The average molecular weight is 248 g/mol. The molecule has 0 aliphatic heterocycles. The van der Waals surface area contributed by atoms with Crippen LogP contribution in [-0.4, -0.2) is 0 Å².